The average molecular weight is 464 g/mol. The van der Waals surface area contributed by atoms with Crippen LogP contribution in [-0.2, 0) is 6.18 Å². The van der Waals surface area contributed by atoms with Crippen LogP contribution in [0.25, 0.3) is 0 Å². The predicted molar refractivity (Wildman–Crippen MR) is 115 cm³/mol. The van der Waals surface area contributed by atoms with Crippen molar-refractivity contribution >= 4 is 23.0 Å². The fraction of sp³-hybridized carbons (Fsp3) is 0.273. The normalized spacial score (nSPS) is 12.9. The van der Waals surface area contributed by atoms with Crippen molar-refractivity contribution in [1.29, 1.82) is 0 Å². The Hall–Kier alpha value is -3.76. The Labute approximate surface area is 185 Å². The number of carbonyl (C=O) groups excluding carboxylic acids is 1. The molecule has 0 bridgehead atoms. The summed E-state index contributed by atoms with van der Waals surface area (Å²) in [6, 6.07) is 5.57. The number of carbonyl (C=O) groups is 1. The van der Waals surface area contributed by atoms with E-state index in [4.69, 9.17) is 0 Å². The number of hydrogen-bond donors (Lipinski definition) is 3. The SMILES string of the molecule is CC(C)(C)C(NC(=O)c1ccc(F)cc1)Nc1c(Nc2cncc(C(F)(F)F)c2)c(=O)c1=O. The third kappa shape index (κ3) is 5.36. The van der Waals surface area contributed by atoms with Crippen molar-refractivity contribution in [2.24, 2.45) is 5.41 Å². The highest BCUT2D eigenvalue weighted by Gasteiger charge is 2.33. The van der Waals surface area contributed by atoms with E-state index in [9.17, 15) is 31.9 Å². The lowest BCUT2D eigenvalue weighted by atomic mass is 9.91. The Morgan fingerprint density at radius 3 is 2.15 bits per heavy atom. The number of benzene rings is 1. The van der Waals surface area contributed by atoms with Crippen LogP contribution in [-0.4, -0.2) is 17.1 Å². The van der Waals surface area contributed by atoms with Crippen molar-refractivity contribution in [3.8, 4) is 0 Å². The average Bonchev–Trinajstić information content (AvgIpc) is 2.74. The monoisotopic (exact) mass is 464 g/mol. The van der Waals surface area contributed by atoms with Gasteiger partial charge in [-0.2, -0.15) is 13.2 Å². The molecule has 3 rings (SSSR count). The molecule has 7 nitrogen and oxygen atoms in total. The summed E-state index contributed by atoms with van der Waals surface area (Å²) in [5.74, 6) is -1.07. The summed E-state index contributed by atoms with van der Waals surface area (Å²) in [7, 11) is 0. The molecule has 2 aromatic carbocycles. The molecule has 1 unspecified atom stereocenters. The highest BCUT2D eigenvalue weighted by atomic mass is 19.4. The second-order valence-electron chi connectivity index (χ2n) is 8.42. The molecule has 1 aromatic heterocycles. The van der Waals surface area contributed by atoms with Crippen molar-refractivity contribution < 1.29 is 22.4 Å². The molecule has 0 saturated carbocycles. The minimum absolute atomic E-state index is 0.136. The molecule has 0 aliphatic rings. The molecule has 11 heteroatoms. The van der Waals surface area contributed by atoms with Gasteiger partial charge in [0.1, 0.15) is 23.4 Å². The van der Waals surface area contributed by atoms with Gasteiger partial charge in [-0.15, -0.1) is 0 Å². The lowest BCUT2D eigenvalue weighted by molar-refractivity contribution is -0.137. The largest absolute Gasteiger partial charge is 0.417 e. The summed E-state index contributed by atoms with van der Waals surface area (Å²) < 4.78 is 51.9. The second kappa shape index (κ2) is 8.64. The number of hydrogen-bond acceptors (Lipinski definition) is 6. The fourth-order valence-corrected chi connectivity index (χ4v) is 2.89. The van der Waals surface area contributed by atoms with Gasteiger partial charge in [-0.1, -0.05) is 20.8 Å². The van der Waals surface area contributed by atoms with Crippen LogP contribution < -0.4 is 26.8 Å². The number of rotatable bonds is 6. The highest BCUT2D eigenvalue weighted by Crippen LogP contribution is 2.31. The summed E-state index contributed by atoms with van der Waals surface area (Å²) in [5.41, 5.74) is -3.89. The maximum atomic E-state index is 13.1. The van der Waals surface area contributed by atoms with Crippen LogP contribution in [0.1, 0.15) is 36.7 Å². The van der Waals surface area contributed by atoms with Gasteiger partial charge in [0.05, 0.1) is 17.4 Å². The molecule has 0 saturated heterocycles. The molecule has 0 aliphatic heterocycles. The molecule has 174 valence electrons. The highest BCUT2D eigenvalue weighted by molar-refractivity contribution is 5.94. The number of halogens is 4. The Kier molecular flexibility index (Phi) is 6.26. The van der Waals surface area contributed by atoms with E-state index in [2.05, 4.69) is 20.9 Å². The first kappa shape index (κ1) is 23.9. The first-order valence-corrected chi connectivity index (χ1v) is 9.73. The number of pyridine rings is 1. The van der Waals surface area contributed by atoms with E-state index in [0.29, 0.717) is 6.20 Å². The van der Waals surface area contributed by atoms with Crippen LogP contribution in [0.2, 0.25) is 0 Å². The van der Waals surface area contributed by atoms with Gasteiger partial charge in [-0.05, 0) is 30.3 Å². The van der Waals surface area contributed by atoms with Crippen molar-refractivity contribution in [3.05, 3.63) is 80.1 Å². The van der Waals surface area contributed by atoms with E-state index in [1.807, 2.05) is 0 Å². The molecule has 0 aliphatic carbocycles. The second-order valence-corrected chi connectivity index (χ2v) is 8.42. The van der Waals surface area contributed by atoms with Crippen LogP contribution in [0.5, 0.6) is 0 Å². The fourth-order valence-electron chi connectivity index (χ4n) is 2.89. The molecular weight excluding hydrogens is 444 g/mol. The lowest BCUT2D eigenvalue weighted by Crippen LogP contribution is -2.51. The van der Waals surface area contributed by atoms with Gasteiger partial charge in [0.15, 0.2) is 0 Å². The van der Waals surface area contributed by atoms with E-state index >= 15 is 0 Å². The third-order valence-corrected chi connectivity index (χ3v) is 4.78. The zero-order valence-electron chi connectivity index (χ0n) is 17.8. The quantitative estimate of drug-likeness (QED) is 0.292. The number of nitrogens with zero attached hydrogens (tertiary/aromatic N) is 1. The van der Waals surface area contributed by atoms with Crippen molar-refractivity contribution in [2.75, 3.05) is 10.6 Å². The molecule has 0 fully saturated rings. The summed E-state index contributed by atoms with van der Waals surface area (Å²) in [6.45, 7) is 5.26. The van der Waals surface area contributed by atoms with Crippen LogP contribution in [0.3, 0.4) is 0 Å². The number of aromatic nitrogens is 1. The van der Waals surface area contributed by atoms with Gasteiger partial charge in [0.2, 0.25) is 0 Å². The number of anilines is 3. The van der Waals surface area contributed by atoms with Crippen LogP contribution >= 0.6 is 0 Å². The Morgan fingerprint density at radius 1 is 0.970 bits per heavy atom. The summed E-state index contributed by atoms with van der Waals surface area (Å²) in [4.78, 5) is 40.4. The molecule has 0 spiro atoms. The Bertz CT molecular complexity index is 1240. The van der Waals surface area contributed by atoms with E-state index in [0.717, 1.165) is 24.4 Å². The summed E-state index contributed by atoms with van der Waals surface area (Å²) in [6.07, 6.45) is -3.79. The van der Waals surface area contributed by atoms with Crippen LogP contribution in [0.4, 0.5) is 34.6 Å². The number of nitrogens with one attached hydrogen (secondary N) is 3. The van der Waals surface area contributed by atoms with E-state index in [-0.39, 0.29) is 22.6 Å². The summed E-state index contributed by atoms with van der Waals surface area (Å²) in [5, 5.41) is 7.98. The Morgan fingerprint density at radius 2 is 1.58 bits per heavy atom. The first-order valence-electron chi connectivity index (χ1n) is 9.73. The molecule has 3 N–H and O–H groups in total. The standard InChI is InChI=1S/C22H20F4N4O3/c1-21(2,3)20(30-19(33)11-4-6-13(23)7-5-11)29-16-15(17(31)18(16)32)28-14-8-12(9-27-10-14)22(24,25)26/h4-10,20,28-29H,1-3H3,(H,30,33). The molecular formula is C22H20F4N4O3. The number of alkyl halides is 3. The van der Waals surface area contributed by atoms with Crippen LogP contribution in [0.15, 0.2) is 52.3 Å². The van der Waals surface area contributed by atoms with E-state index < -0.39 is 45.9 Å². The van der Waals surface area contributed by atoms with Gasteiger partial charge in [0, 0.05) is 17.2 Å². The van der Waals surface area contributed by atoms with Crippen molar-refractivity contribution in [3.63, 3.8) is 0 Å². The molecule has 3 aromatic rings. The smallest absolute Gasteiger partial charge is 0.360 e. The van der Waals surface area contributed by atoms with Gasteiger partial charge in [-0.25, -0.2) is 4.39 Å². The van der Waals surface area contributed by atoms with Gasteiger partial charge in [-0.3, -0.25) is 19.4 Å². The Balaban J connectivity index is 1.85. The number of amides is 1. The zero-order chi connectivity index (χ0) is 24.6. The van der Waals surface area contributed by atoms with Gasteiger partial charge < -0.3 is 16.0 Å². The van der Waals surface area contributed by atoms with E-state index in [1.165, 1.54) is 12.1 Å². The lowest BCUT2D eigenvalue weighted by Gasteiger charge is -2.33. The maximum Gasteiger partial charge on any atom is 0.417 e. The maximum absolute atomic E-state index is 13.1. The van der Waals surface area contributed by atoms with E-state index in [1.54, 1.807) is 20.8 Å². The molecule has 1 atom stereocenters. The zero-order valence-corrected chi connectivity index (χ0v) is 17.8. The first-order chi connectivity index (χ1) is 15.3. The summed E-state index contributed by atoms with van der Waals surface area (Å²) >= 11 is 0. The molecule has 0 radical (unpaired) electrons. The molecule has 1 amide bonds. The van der Waals surface area contributed by atoms with Crippen molar-refractivity contribution in [2.45, 2.75) is 33.1 Å². The minimum Gasteiger partial charge on any atom is -0.360 e. The predicted octanol–water partition coefficient (Wildman–Crippen LogP) is 3.79. The third-order valence-electron chi connectivity index (χ3n) is 4.78. The molecule has 33 heavy (non-hydrogen) atoms. The molecule has 1 heterocycles. The minimum atomic E-state index is -4.64. The van der Waals surface area contributed by atoms with Crippen LogP contribution in [0, 0.1) is 11.2 Å². The van der Waals surface area contributed by atoms with Gasteiger partial charge >= 0.3 is 6.18 Å². The topological polar surface area (TPSA) is 100 Å². The van der Waals surface area contributed by atoms with Gasteiger partial charge in [0.25, 0.3) is 16.8 Å². The van der Waals surface area contributed by atoms with Crippen molar-refractivity contribution in [1.82, 2.24) is 10.3 Å².